The van der Waals surface area contributed by atoms with Gasteiger partial charge in [-0.05, 0) is 48.5 Å². The van der Waals surface area contributed by atoms with E-state index in [4.69, 9.17) is 0 Å². The second kappa shape index (κ2) is 11.5. The van der Waals surface area contributed by atoms with Gasteiger partial charge in [-0.1, -0.05) is 0 Å². The number of anilines is 2. The van der Waals surface area contributed by atoms with Gasteiger partial charge >= 0.3 is 12.4 Å². The minimum Gasteiger partial charge on any atom is -0.369 e. The predicted octanol–water partition coefficient (Wildman–Crippen LogP) is 5.58. The molecule has 2 N–H and O–H groups in total. The van der Waals surface area contributed by atoms with Crippen LogP contribution in [-0.4, -0.2) is 75.4 Å². The molecule has 0 spiro atoms. The molecule has 1 saturated heterocycles. The van der Waals surface area contributed by atoms with Crippen LogP contribution in [0, 0.1) is 5.82 Å². The molecule has 1 aliphatic rings. The van der Waals surface area contributed by atoms with Crippen LogP contribution in [0.25, 0.3) is 22.8 Å². The highest BCUT2D eigenvalue weighted by molar-refractivity contribution is 6.03. The molecular weight excluding hydrogens is 571 g/mol. The number of carbonyl (C=O) groups is 1. The van der Waals surface area contributed by atoms with E-state index in [1.807, 2.05) is 4.90 Å². The maximum atomic E-state index is 13.4. The molecule has 0 radical (unpaired) electrons. The fraction of sp³-hybridized carbons (Fsp3) is 0.296. The summed E-state index contributed by atoms with van der Waals surface area (Å²) in [7, 11) is 0. The largest absolute Gasteiger partial charge is 0.406 e. The van der Waals surface area contributed by atoms with Crippen molar-refractivity contribution in [1.82, 2.24) is 24.4 Å². The van der Waals surface area contributed by atoms with Gasteiger partial charge in [-0.2, -0.15) is 26.3 Å². The highest BCUT2D eigenvalue weighted by Crippen LogP contribution is 2.32. The Kier molecular flexibility index (Phi) is 7.95. The van der Waals surface area contributed by atoms with Crippen molar-refractivity contribution in [3.8, 4) is 22.8 Å². The molecule has 222 valence electrons. The molecule has 8 nitrogen and oxygen atoms in total. The van der Waals surface area contributed by atoms with E-state index in [1.54, 1.807) is 24.3 Å². The normalized spacial score (nSPS) is 14.8. The van der Waals surface area contributed by atoms with Crippen LogP contribution >= 0.6 is 0 Å². The first kappa shape index (κ1) is 29.1. The average molecular weight is 596 g/mol. The number of alkyl halides is 6. The maximum Gasteiger partial charge on any atom is 0.406 e. The number of aromatic amines is 1. The lowest BCUT2D eigenvalue weighted by Crippen LogP contribution is -2.49. The van der Waals surface area contributed by atoms with Crippen molar-refractivity contribution < 1.29 is 35.5 Å². The predicted molar refractivity (Wildman–Crippen MR) is 140 cm³/mol. The highest BCUT2D eigenvalue weighted by atomic mass is 19.4. The molecular formula is C27H24F7N7O. The summed E-state index contributed by atoms with van der Waals surface area (Å²) >= 11 is 0. The number of nitrogens with zero attached hydrogens (tertiary/aromatic N) is 5. The van der Waals surface area contributed by atoms with Gasteiger partial charge in [0.25, 0.3) is 5.91 Å². The third kappa shape index (κ3) is 7.08. The van der Waals surface area contributed by atoms with Gasteiger partial charge in [-0.3, -0.25) is 9.69 Å². The van der Waals surface area contributed by atoms with Crippen LogP contribution in [0.1, 0.15) is 10.5 Å². The van der Waals surface area contributed by atoms with E-state index in [9.17, 15) is 35.5 Å². The summed E-state index contributed by atoms with van der Waals surface area (Å²) in [6, 6.07) is 11.8. The number of carbonyl (C=O) groups excluding carboxylic acids is 1. The molecule has 42 heavy (non-hydrogen) atoms. The van der Waals surface area contributed by atoms with Crippen LogP contribution in [0.3, 0.4) is 0 Å². The van der Waals surface area contributed by atoms with E-state index in [0.29, 0.717) is 24.3 Å². The number of hydrogen-bond acceptors (Lipinski definition) is 5. The molecule has 3 heterocycles. The van der Waals surface area contributed by atoms with Gasteiger partial charge in [-0.25, -0.2) is 14.4 Å². The van der Waals surface area contributed by atoms with Gasteiger partial charge in [0.2, 0.25) is 0 Å². The fourth-order valence-corrected chi connectivity index (χ4v) is 4.69. The smallest absolute Gasteiger partial charge is 0.369 e. The number of hydrogen-bond donors (Lipinski definition) is 2. The van der Waals surface area contributed by atoms with Crippen molar-refractivity contribution in [2.45, 2.75) is 18.9 Å². The van der Waals surface area contributed by atoms with Crippen LogP contribution in [-0.2, 0) is 6.54 Å². The van der Waals surface area contributed by atoms with Crippen molar-refractivity contribution in [3.05, 3.63) is 72.6 Å². The first-order chi connectivity index (χ1) is 19.8. The number of aromatic nitrogens is 4. The Hall–Kier alpha value is -4.40. The summed E-state index contributed by atoms with van der Waals surface area (Å²) in [6.07, 6.45) is -6.63. The average Bonchev–Trinajstić information content (AvgIpc) is 3.56. The highest BCUT2D eigenvalue weighted by Gasteiger charge is 2.33. The molecule has 0 atom stereocenters. The molecule has 1 amide bonds. The van der Waals surface area contributed by atoms with E-state index < -0.39 is 37.2 Å². The number of imidazole rings is 2. The number of rotatable bonds is 7. The van der Waals surface area contributed by atoms with Crippen molar-refractivity contribution >= 4 is 17.3 Å². The standard InChI is InChI=1S/C27H24F7N7O/c28-18-3-1-17(2-4-18)22-23(41(16-36-22)15-27(32,33)34)24-35-13-21(38-24)25(42)37-19-5-7-20(8-6-19)40-11-9-39(10-12-40)14-26(29,30)31/h1-8,13,16H,9-12,14-15H2,(H,35,38)(H,37,42). The molecule has 0 unspecified atom stereocenters. The van der Waals surface area contributed by atoms with E-state index in [2.05, 4.69) is 20.3 Å². The minimum atomic E-state index is -4.56. The third-order valence-electron chi connectivity index (χ3n) is 6.62. The summed E-state index contributed by atoms with van der Waals surface area (Å²) in [5, 5.41) is 2.68. The Morgan fingerprint density at radius 2 is 1.50 bits per heavy atom. The maximum absolute atomic E-state index is 13.4. The monoisotopic (exact) mass is 595 g/mol. The topological polar surface area (TPSA) is 82.1 Å². The van der Waals surface area contributed by atoms with E-state index in [0.717, 1.165) is 28.7 Å². The number of piperazine rings is 1. The quantitative estimate of drug-likeness (QED) is 0.273. The van der Waals surface area contributed by atoms with Crippen LogP contribution in [0.15, 0.2) is 61.1 Å². The van der Waals surface area contributed by atoms with Gasteiger partial charge in [0.15, 0.2) is 5.82 Å². The molecule has 2 aromatic carbocycles. The van der Waals surface area contributed by atoms with Crippen LogP contribution < -0.4 is 10.2 Å². The molecule has 1 aliphatic heterocycles. The first-order valence-corrected chi connectivity index (χ1v) is 12.7. The van der Waals surface area contributed by atoms with Crippen molar-refractivity contribution in [1.29, 1.82) is 0 Å². The second-order valence-electron chi connectivity index (χ2n) is 9.72. The minimum absolute atomic E-state index is 0.0281. The van der Waals surface area contributed by atoms with Gasteiger partial charge in [0.05, 0.1) is 24.8 Å². The van der Waals surface area contributed by atoms with Crippen molar-refractivity contribution in [2.24, 2.45) is 0 Å². The Labute approximate surface area is 234 Å². The molecule has 2 aromatic heterocycles. The fourth-order valence-electron chi connectivity index (χ4n) is 4.69. The third-order valence-corrected chi connectivity index (χ3v) is 6.62. The summed E-state index contributed by atoms with van der Waals surface area (Å²) in [4.78, 5) is 27.2. The van der Waals surface area contributed by atoms with Crippen LogP contribution in [0.2, 0.25) is 0 Å². The zero-order valence-electron chi connectivity index (χ0n) is 21.8. The van der Waals surface area contributed by atoms with Gasteiger partial charge < -0.3 is 19.8 Å². The van der Waals surface area contributed by atoms with Crippen molar-refractivity contribution in [3.63, 3.8) is 0 Å². The number of halogens is 7. The Bertz CT molecular complexity index is 1520. The molecule has 5 rings (SSSR count). The SMILES string of the molecule is O=C(Nc1ccc(N2CCN(CC(F)(F)F)CC2)cc1)c1cnc(-c2c(-c3ccc(F)cc3)ncn2CC(F)(F)F)[nH]1. The molecule has 0 saturated carbocycles. The molecule has 0 bridgehead atoms. The van der Waals surface area contributed by atoms with E-state index in [1.165, 1.54) is 23.2 Å². The summed E-state index contributed by atoms with van der Waals surface area (Å²) in [5.74, 6) is -1.17. The van der Waals surface area contributed by atoms with Gasteiger partial charge in [0, 0.05) is 43.1 Å². The lowest BCUT2D eigenvalue weighted by molar-refractivity contribution is -0.146. The molecule has 1 fully saturated rings. The molecule has 15 heteroatoms. The van der Waals surface area contributed by atoms with Crippen molar-refractivity contribution in [2.75, 3.05) is 42.9 Å². The summed E-state index contributed by atoms with van der Waals surface area (Å²) in [6.45, 7) is -0.926. The lowest BCUT2D eigenvalue weighted by Gasteiger charge is -2.36. The summed E-state index contributed by atoms with van der Waals surface area (Å²) in [5.41, 5.74) is 1.63. The van der Waals surface area contributed by atoms with Crippen LogP contribution in [0.4, 0.5) is 42.1 Å². The summed E-state index contributed by atoms with van der Waals surface area (Å²) < 4.78 is 92.0. The first-order valence-electron chi connectivity index (χ1n) is 12.7. The molecule has 0 aliphatic carbocycles. The number of amides is 1. The second-order valence-corrected chi connectivity index (χ2v) is 9.72. The van der Waals surface area contributed by atoms with Crippen LogP contribution in [0.5, 0.6) is 0 Å². The van der Waals surface area contributed by atoms with E-state index >= 15 is 0 Å². The van der Waals surface area contributed by atoms with E-state index in [-0.39, 0.29) is 36.0 Å². The zero-order valence-corrected chi connectivity index (χ0v) is 21.8. The lowest BCUT2D eigenvalue weighted by atomic mass is 10.1. The van der Waals surface area contributed by atoms with Gasteiger partial charge in [-0.15, -0.1) is 0 Å². The Balaban J connectivity index is 1.29. The Morgan fingerprint density at radius 3 is 2.12 bits per heavy atom. The van der Waals surface area contributed by atoms with Gasteiger partial charge in [0.1, 0.15) is 23.7 Å². The zero-order chi connectivity index (χ0) is 30.1. The number of H-pyrrole nitrogens is 1. The Morgan fingerprint density at radius 1 is 0.857 bits per heavy atom. The molecule has 4 aromatic rings. The number of benzene rings is 2. The number of nitrogens with one attached hydrogen (secondary N) is 2.